The molecule has 0 aromatic rings. The maximum Gasteiger partial charge on any atom is 0.0577 e. The van der Waals surface area contributed by atoms with Crippen LogP contribution in [0, 0.1) is 5.92 Å². The zero-order valence-corrected chi connectivity index (χ0v) is 8.51. The Bertz CT molecular complexity index is 112. The fourth-order valence-electron chi connectivity index (χ4n) is 1.95. The number of unbranched alkanes of at least 4 members (excludes halogenated alkanes) is 1. The van der Waals surface area contributed by atoms with Gasteiger partial charge in [-0.05, 0) is 31.6 Å². The topological polar surface area (TPSA) is 9.23 Å². The second-order valence-electron chi connectivity index (χ2n) is 3.93. The summed E-state index contributed by atoms with van der Waals surface area (Å²) >= 11 is 0. The molecule has 1 fully saturated rings. The molecule has 0 heterocycles. The average molecular weight is 170 g/mol. The van der Waals surface area contributed by atoms with Crippen LogP contribution in [0.2, 0.25) is 0 Å². The average Bonchev–Trinajstić information content (AvgIpc) is 2.53. The van der Waals surface area contributed by atoms with Gasteiger partial charge >= 0.3 is 0 Å². The molecule has 0 saturated heterocycles. The smallest absolute Gasteiger partial charge is 0.0577 e. The predicted molar refractivity (Wildman–Crippen MR) is 52.3 cm³/mol. The van der Waals surface area contributed by atoms with Crippen LogP contribution >= 0.6 is 0 Å². The summed E-state index contributed by atoms with van der Waals surface area (Å²) in [5, 5.41) is 0. The molecule has 1 heteroatoms. The molecule has 0 aromatic heterocycles. The molecule has 2 atom stereocenters. The first-order valence-corrected chi connectivity index (χ1v) is 5.48. The Labute approximate surface area is 76.5 Å². The first-order chi connectivity index (χ1) is 5.86. The Hall–Kier alpha value is -0.0400. The molecule has 0 bridgehead atoms. The van der Waals surface area contributed by atoms with Gasteiger partial charge in [0.2, 0.25) is 0 Å². The highest BCUT2D eigenvalue weighted by Crippen LogP contribution is 2.29. The minimum Gasteiger partial charge on any atom is -0.378 e. The number of rotatable bonds is 5. The van der Waals surface area contributed by atoms with Crippen molar-refractivity contribution in [1.82, 2.24) is 0 Å². The maximum atomic E-state index is 5.78. The molecule has 0 aromatic carbocycles. The van der Waals surface area contributed by atoms with Crippen molar-refractivity contribution in [1.29, 1.82) is 0 Å². The third kappa shape index (κ3) is 3.14. The lowest BCUT2D eigenvalue weighted by Crippen LogP contribution is -2.09. The van der Waals surface area contributed by atoms with E-state index in [-0.39, 0.29) is 0 Å². The van der Waals surface area contributed by atoms with E-state index in [1.54, 1.807) is 0 Å². The lowest BCUT2D eigenvalue weighted by Gasteiger charge is -2.11. The van der Waals surface area contributed by atoms with Crippen LogP contribution in [0.3, 0.4) is 0 Å². The van der Waals surface area contributed by atoms with Crippen LogP contribution in [0.25, 0.3) is 0 Å². The Morgan fingerprint density at radius 2 is 2.08 bits per heavy atom. The van der Waals surface area contributed by atoms with Gasteiger partial charge in [-0.1, -0.05) is 26.7 Å². The van der Waals surface area contributed by atoms with E-state index in [4.69, 9.17) is 4.74 Å². The first-order valence-electron chi connectivity index (χ1n) is 5.48. The summed E-state index contributed by atoms with van der Waals surface area (Å²) in [4.78, 5) is 0. The highest BCUT2D eigenvalue weighted by molar-refractivity contribution is 4.74. The Morgan fingerprint density at radius 3 is 2.67 bits per heavy atom. The Kier molecular flexibility index (Phi) is 4.67. The molecule has 1 rings (SSSR count). The molecule has 0 spiro atoms. The molecule has 0 N–H and O–H groups in total. The maximum absolute atomic E-state index is 5.78. The number of ether oxygens (including phenoxy) is 1. The van der Waals surface area contributed by atoms with Gasteiger partial charge in [0, 0.05) is 6.61 Å². The Balaban J connectivity index is 2.03. The quantitative estimate of drug-likeness (QED) is 0.575. The van der Waals surface area contributed by atoms with Crippen LogP contribution in [0.1, 0.15) is 52.4 Å². The van der Waals surface area contributed by atoms with E-state index in [2.05, 4.69) is 13.8 Å². The van der Waals surface area contributed by atoms with Crippen molar-refractivity contribution in [3.05, 3.63) is 0 Å². The molecule has 1 aliphatic carbocycles. The predicted octanol–water partition coefficient (Wildman–Crippen LogP) is 3.38. The van der Waals surface area contributed by atoms with Gasteiger partial charge in [0.1, 0.15) is 0 Å². The van der Waals surface area contributed by atoms with Gasteiger partial charge in [-0.15, -0.1) is 0 Å². The van der Waals surface area contributed by atoms with Gasteiger partial charge in [-0.3, -0.25) is 0 Å². The summed E-state index contributed by atoms with van der Waals surface area (Å²) in [7, 11) is 0. The minimum atomic E-state index is 0.599. The van der Waals surface area contributed by atoms with Gasteiger partial charge in [0.15, 0.2) is 0 Å². The second kappa shape index (κ2) is 5.58. The lowest BCUT2D eigenvalue weighted by molar-refractivity contribution is 0.0536. The molecule has 2 unspecified atom stereocenters. The molecule has 12 heavy (non-hydrogen) atoms. The van der Waals surface area contributed by atoms with Gasteiger partial charge in [-0.2, -0.15) is 0 Å². The summed E-state index contributed by atoms with van der Waals surface area (Å²) in [6.07, 6.45) is 8.45. The van der Waals surface area contributed by atoms with Crippen LogP contribution in [0.4, 0.5) is 0 Å². The SMILES string of the molecule is CCCCOC1CCC(CC)C1. The Morgan fingerprint density at radius 1 is 1.25 bits per heavy atom. The highest BCUT2D eigenvalue weighted by atomic mass is 16.5. The fraction of sp³-hybridized carbons (Fsp3) is 1.00. The van der Waals surface area contributed by atoms with Crippen LogP contribution < -0.4 is 0 Å². The molecular formula is C11H22O. The minimum absolute atomic E-state index is 0.599. The van der Waals surface area contributed by atoms with Gasteiger partial charge in [0.05, 0.1) is 6.10 Å². The largest absolute Gasteiger partial charge is 0.378 e. The molecule has 0 amide bonds. The van der Waals surface area contributed by atoms with E-state index in [9.17, 15) is 0 Å². The third-order valence-electron chi connectivity index (χ3n) is 2.92. The van der Waals surface area contributed by atoms with E-state index in [1.165, 1.54) is 38.5 Å². The van der Waals surface area contributed by atoms with Crippen molar-refractivity contribution in [2.24, 2.45) is 5.92 Å². The summed E-state index contributed by atoms with van der Waals surface area (Å²) < 4.78 is 5.78. The van der Waals surface area contributed by atoms with Crippen molar-refractivity contribution >= 4 is 0 Å². The van der Waals surface area contributed by atoms with Crippen molar-refractivity contribution in [2.75, 3.05) is 6.61 Å². The summed E-state index contributed by atoms with van der Waals surface area (Å²) in [6.45, 7) is 5.49. The van der Waals surface area contributed by atoms with Crippen LogP contribution in [0.15, 0.2) is 0 Å². The van der Waals surface area contributed by atoms with Crippen LogP contribution in [-0.2, 0) is 4.74 Å². The first kappa shape index (κ1) is 10.0. The van der Waals surface area contributed by atoms with Crippen molar-refractivity contribution < 1.29 is 4.74 Å². The monoisotopic (exact) mass is 170 g/mol. The van der Waals surface area contributed by atoms with Crippen LogP contribution in [-0.4, -0.2) is 12.7 Å². The lowest BCUT2D eigenvalue weighted by atomic mass is 10.1. The van der Waals surface area contributed by atoms with Crippen LogP contribution in [0.5, 0.6) is 0 Å². The van der Waals surface area contributed by atoms with E-state index < -0.39 is 0 Å². The standard InChI is InChI=1S/C11H22O/c1-3-5-8-12-11-7-6-10(4-2)9-11/h10-11H,3-9H2,1-2H3. The molecule has 1 aliphatic rings. The third-order valence-corrected chi connectivity index (χ3v) is 2.92. The molecule has 0 radical (unpaired) electrons. The van der Waals surface area contributed by atoms with E-state index in [0.29, 0.717) is 6.10 Å². The fourth-order valence-corrected chi connectivity index (χ4v) is 1.95. The molecule has 0 aliphatic heterocycles. The number of hydrogen-bond acceptors (Lipinski definition) is 1. The zero-order valence-electron chi connectivity index (χ0n) is 8.51. The summed E-state index contributed by atoms with van der Waals surface area (Å²) in [5.41, 5.74) is 0. The molecular weight excluding hydrogens is 148 g/mol. The molecule has 72 valence electrons. The summed E-state index contributed by atoms with van der Waals surface area (Å²) in [5.74, 6) is 0.955. The van der Waals surface area contributed by atoms with Crippen molar-refractivity contribution in [2.45, 2.75) is 58.5 Å². The van der Waals surface area contributed by atoms with E-state index in [1.807, 2.05) is 0 Å². The van der Waals surface area contributed by atoms with Crippen molar-refractivity contribution in [3.8, 4) is 0 Å². The van der Waals surface area contributed by atoms with E-state index in [0.717, 1.165) is 12.5 Å². The van der Waals surface area contributed by atoms with Crippen molar-refractivity contribution in [3.63, 3.8) is 0 Å². The van der Waals surface area contributed by atoms with Gasteiger partial charge in [0.25, 0.3) is 0 Å². The molecule has 1 nitrogen and oxygen atoms in total. The second-order valence-corrected chi connectivity index (χ2v) is 3.93. The highest BCUT2D eigenvalue weighted by Gasteiger charge is 2.23. The van der Waals surface area contributed by atoms with Gasteiger partial charge in [-0.25, -0.2) is 0 Å². The summed E-state index contributed by atoms with van der Waals surface area (Å²) in [6, 6.07) is 0. The normalized spacial score (nSPS) is 29.5. The number of hydrogen-bond donors (Lipinski definition) is 0. The zero-order chi connectivity index (χ0) is 8.81. The molecule has 1 saturated carbocycles. The van der Waals surface area contributed by atoms with E-state index >= 15 is 0 Å². The van der Waals surface area contributed by atoms with Gasteiger partial charge < -0.3 is 4.74 Å².